The zero-order valence-electron chi connectivity index (χ0n) is 15.0. The van der Waals surface area contributed by atoms with Crippen molar-refractivity contribution >= 4 is 17.6 Å². The zero-order valence-corrected chi connectivity index (χ0v) is 15.0. The van der Waals surface area contributed by atoms with Gasteiger partial charge in [-0.25, -0.2) is 9.18 Å². The molecular formula is C20H22FN3O3. The van der Waals surface area contributed by atoms with E-state index in [1.54, 1.807) is 24.3 Å². The lowest BCUT2D eigenvalue weighted by atomic mass is 10.1. The van der Waals surface area contributed by atoms with Crippen molar-refractivity contribution in [3.63, 3.8) is 0 Å². The van der Waals surface area contributed by atoms with E-state index in [4.69, 9.17) is 0 Å². The number of anilines is 1. The van der Waals surface area contributed by atoms with Crippen LogP contribution in [0.4, 0.5) is 14.9 Å². The topological polar surface area (TPSA) is 90.5 Å². The maximum Gasteiger partial charge on any atom is 0.319 e. The normalized spacial score (nSPS) is 14.3. The number of carbonyl (C=O) groups excluding carboxylic acids is 2. The molecule has 3 amide bonds. The second-order valence-electron chi connectivity index (χ2n) is 6.65. The van der Waals surface area contributed by atoms with Crippen LogP contribution < -0.4 is 16.0 Å². The van der Waals surface area contributed by atoms with E-state index in [-0.39, 0.29) is 24.1 Å². The SMILES string of the molecule is Cc1ccc(C(=O)NC2CC2)cc1NC(=O)NCC(O)c1ccccc1F. The number of halogens is 1. The Morgan fingerprint density at radius 1 is 1.22 bits per heavy atom. The van der Waals surface area contributed by atoms with Crippen molar-refractivity contribution in [2.24, 2.45) is 0 Å². The molecule has 0 bridgehead atoms. The molecule has 4 N–H and O–H groups in total. The highest BCUT2D eigenvalue weighted by Gasteiger charge is 2.24. The molecule has 0 aliphatic heterocycles. The summed E-state index contributed by atoms with van der Waals surface area (Å²) in [6.07, 6.45) is 0.832. The number of rotatable bonds is 6. The van der Waals surface area contributed by atoms with Crippen LogP contribution in [0.25, 0.3) is 0 Å². The summed E-state index contributed by atoms with van der Waals surface area (Å²) in [6.45, 7) is 1.67. The van der Waals surface area contributed by atoms with Crippen LogP contribution in [-0.2, 0) is 0 Å². The van der Waals surface area contributed by atoms with Crippen LogP contribution in [-0.4, -0.2) is 29.6 Å². The van der Waals surface area contributed by atoms with Gasteiger partial charge in [0.1, 0.15) is 5.82 Å². The van der Waals surface area contributed by atoms with Crippen LogP contribution in [0.1, 0.15) is 40.4 Å². The van der Waals surface area contributed by atoms with E-state index in [1.807, 2.05) is 6.92 Å². The highest BCUT2D eigenvalue weighted by atomic mass is 19.1. The van der Waals surface area contributed by atoms with E-state index >= 15 is 0 Å². The third-order valence-electron chi connectivity index (χ3n) is 4.38. The van der Waals surface area contributed by atoms with E-state index < -0.39 is 18.0 Å². The summed E-state index contributed by atoms with van der Waals surface area (Å²) >= 11 is 0. The number of hydrogen-bond donors (Lipinski definition) is 4. The number of carbonyl (C=O) groups is 2. The maximum atomic E-state index is 13.7. The van der Waals surface area contributed by atoms with Gasteiger partial charge in [-0.2, -0.15) is 0 Å². The molecule has 2 aromatic rings. The molecule has 1 atom stereocenters. The van der Waals surface area contributed by atoms with Gasteiger partial charge in [0.05, 0.1) is 6.10 Å². The molecule has 1 unspecified atom stereocenters. The second-order valence-corrected chi connectivity index (χ2v) is 6.65. The Labute approximate surface area is 156 Å². The lowest BCUT2D eigenvalue weighted by Gasteiger charge is -2.15. The third-order valence-corrected chi connectivity index (χ3v) is 4.38. The van der Waals surface area contributed by atoms with E-state index in [0.29, 0.717) is 11.3 Å². The summed E-state index contributed by atoms with van der Waals surface area (Å²) in [7, 11) is 0. The maximum absolute atomic E-state index is 13.7. The largest absolute Gasteiger partial charge is 0.386 e. The molecule has 0 spiro atoms. The summed E-state index contributed by atoms with van der Waals surface area (Å²) in [5.74, 6) is -0.701. The molecule has 2 aromatic carbocycles. The van der Waals surface area contributed by atoms with Crippen molar-refractivity contribution in [2.45, 2.75) is 31.9 Å². The smallest absolute Gasteiger partial charge is 0.319 e. The third kappa shape index (κ3) is 5.04. The van der Waals surface area contributed by atoms with Crippen LogP contribution in [0.5, 0.6) is 0 Å². The zero-order chi connectivity index (χ0) is 19.4. The molecule has 27 heavy (non-hydrogen) atoms. The van der Waals surface area contributed by atoms with Crippen molar-refractivity contribution in [1.29, 1.82) is 0 Å². The summed E-state index contributed by atoms with van der Waals surface area (Å²) in [4.78, 5) is 24.3. The first-order chi connectivity index (χ1) is 12.9. The van der Waals surface area contributed by atoms with Crippen LogP contribution in [0, 0.1) is 12.7 Å². The number of nitrogens with one attached hydrogen (secondary N) is 3. The fourth-order valence-corrected chi connectivity index (χ4v) is 2.61. The van der Waals surface area contributed by atoms with Gasteiger partial charge in [-0.15, -0.1) is 0 Å². The minimum absolute atomic E-state index is 0.118. The molecule has 3 rings (SSSR count). The molecule has 1 fully saturated rings. The van der Waals surface area contributed by atoms with Crippen molar-refractivity contribution in [3.8, 4) is 0 Å². The Hall–Kier alpha value is -2.93. The predicted molar refractivity (Wildman–Crippen MR) is 100 cm³/mol. The summed E-state index contributed by atoms with van der Waals surface area (Å²) in [6, 6.07) is 10.6. The minimum Gasteiger partial charge on any atom is -0.386 e. The Morgan fingerprint density at radius 2 is 1.96 bits per heavy atom. The molecule has 7 heteroatoms. The molecule has 0 aromatic heterocycles. The number of urea groups is 1. The van der Waals surface area contributed by atoms with Gasteiger partial charge >= 0.3 is 6.03 Å². The lowest BCUT2D eigenvalue weighted by Crippen LogP contribution is -2.33. The highest BCUT2D eigenvalue weighted by molar-refractivity contribution is 5.97. The number of aliphatic hydroxyl groups excluding tert-OH is 1. The average Bonchev–Trinajstić information content (AvgIpc) is 3.46. The Bertz CT molecular complexity index is 852. The molecule has 1 aliphatic rings. The quantitative estimate of drug-likeness (QED) is 0.629. The van der Waals surface area contributed by atoms with Gasteiger partial charge < -0.3 is 21.1 Å². The molecule has 0 radical (unpaired) electrons. The Kier molecular flexibility index (Phi) is 5.71. The first-order valence-electron chi connectivity index (χ1n) is 8.83. The number of aryl methyl sites for hydroxylation is 1. The van der Waals surface area contributed by atoms with Crippen molar-refractivity contribution < 1.29 is 19.1 Å². The minimum atomic E-state index is -1.16. The van der Waals surface area contributed by atoms with E-state index in [0.717, 1.165) is 18.4 Å². The molecule has 142 valence electrons. The van der Waals surface area contributed by atoms with E-state index in [9.17, 15) is 19.1 Å². The summed E-state index contributed by atoms with van der Waals surface area (Å²) < 4.78 is 13.7. The van der Waals surface area contributed by atoms with Crippen LogP contribution in [0.3, 0.4) is 0 Å². The summed E-state index contributed by atoms with van der Waals surface area (Å²) in [5.41, 5.74) is 1.88. The number of hydrogen-bond acceptors (Lipinski definition) is 3. The highest BCUT2D eigenvalue weighted by Crippen LogP contribution is 2.21. The van der Waals surface area contributed by atoms with Crippen molar-refractivity contribution in [3.05, 3.63) is 65.0 Å². The summed E-state index contributed by atoms with van der Waals surface area (Å²) in [5, 5.41) is 18.1. The first kappa shape index (κ1) is 18.8. The van der Waals surface area contributed by atoms with Crippen LogP contribution >= 0.6 is 0 Å². The molecule has 1 aliphatic carbocycles. The van der Waals surface area contributed by atoms with Gasteiger partial charge in [0.25, 0.3) is 5.91 Å². The van der Waals surface area contributed by atoms with Gasteiger partial charge in [0, 0.05) is 29.4 Å². The first-order valence-corrected chi connectivity index (χ1v) is 8.83. The van der Waals surface area contributed by atoms with Crippen molar-refractivity contribution in [1.82, 2.24) is 10.6 Å². The van der Waals surface area contributed by atoms with Crippen molar-refractivity contribution in [2.75, 3.05) is 11.9 Å². The standard InChI is InChI=1S/C20H22FN3O3/c1-12-6-7-13(19(26)23-14-8-9-14)10-17(12)24-20(27)22-11-18(25)15-4-2-3-5-16(15)21/h2-7,10,14,18,25H,8-9,11H2,1H3,(H,23,26)(H2,22,24,27). The Morgan fingerprint density at radius 3 is 2.67 bits per heavy atom. The molecule has 1 saturated carbocycles. The van der Waals surface area contributed by atoms with Gasteiger partial charge in [-0.1, -0.05) is 24.3 Å². The monoisotopic (exact) mass is 371 g/mol. The fourth-order valence-electron chi connectivity index (χ4n) is 2.61. The van der Waals surface area contributed by atoms with Gasteiger partial charge in [0.2, 0.25) is 0 Å². The molecule has 0 heterocycles. The molecular weight excluding hydrogens is 349 g/mol. The van der Waals surface area contributed by atoms with Gasteiger partial charge in [0.15, 0.2) is 0 Å². The van der Waals surface area contributed by atoms with Gasteiger partial charge in [-0.05, 0) is 43.5 Å². The second kappa shape index (κ2) is 8.18. The van der Waals surface area contributed by atoms with E-state index in [2.05, 4.69) is 16.0 Å². The van der Waals surface area contributed by atoms with Crippen LogP contribution in [0.2, 0.25) is 0 Å². The van der Waals surface area contributed by atoms with E-state index in [1.165, 1.54) is 18.2 Å². The lowest BCUT2D eigenvalue weighted by molar-refractivity contribution is 0.0951. The average molecular weight is 371 g/mol. The van der Waals surface area contributed by atoms with Gasteiger partial charge in [-0.3, -0.25) is 4.79 Å². The van der Waals surface area contributed by atoms with Crippen LogP contribution in [0.15, 0.2) is 42.5 Å². The fraction of sp³-hybridized carbons (Fsp3) is 0.300. The molecule has 0 saturated heterocycles. The number of benzene rings is 2. The molecule has 6 nitrogen and oxygen atoms in total. The number of aliphatic hydroxyl groups is 1. The predicted octanol–water partition coefficient (Wildman–Crippen LogP) is 2.88. The Balaban J connectivity index is 1.58. The number of amides is 3.